The Morgan fingerprint density at radius 1 is 0.960 bits per heavy atom. The molecule has 0 heterocycles. The summed E-state index contributed by atoms with van der Waals surface area (Å²) >= 11 is 1.83. The van der Waals surface area contributed by atoms with Crippen LogP contribution in [0.25, 0.3) is 0 Å². The third-order valence-corrected chi connectivity index (χ3v) is 6.47. The first-order chi connectivity index (χ1) is 12.3. The van der Waals surface area contributed by atoms with Gasteiger partial charge in [-0.1, -0.05) is 44.0 Å². The van der Waals surface area contributed by atoms with Crippen LogP contribution in [0.3, 0.4) is 0 Å². The molecule has 3 rings (SSSR count). The van der Waals surface area contributed by atoms with E-state index in [9.17, 15) is 0 Å². The molecule has 0 aliphatic heterocycles. The van der Waals surface area contributed by atoms with E-state index in [0.29, 0.717) is 0 Å². The van der Waals surface area contributed by atoms with Crippen molar-refractivity contribution in [2.75, 3.05) is 0 Å². The lowest BCUT2D eigenvalue weighted by Gasteiger charge is -2.28. The zero-order chi connectivity index (χ0) is 17.5. The van der Waals surface area contributed by atoms with Gasteiger partial charge in [-0.2, -0.15) is 5.26 Å². The van der Waals surface area contributed by atoms with Crippen LogP contribution in [0.4, 0.5) is 0 Å². The van der Waals surface area contributed by atoms with E-state index in [2.05, 4.69) is 37.3 Å². The van der Waals surface area contributed by atoms with Gasteiger partial charge >= 0.3 is 0 Å². The first-order valence-electron chi connectivity index (χ1n) is 9.50. The Bertz CT molecular complexity index is 688. The summed E-state index contributed by atoms with van der Waals surface area (Å²) in [4.78, 5) is 1.22. The summed E-state index contributed by atoms with van der Waals surface area (Å²) in [5.74, 6) is 2.73. The maximum Gasteiger partial charge on any atom is 0.0991 e. The van der Waals surface area contributed by atoms with Crippen molar-refractivity contribution in [3.05, 3.63) is 65.2 Å². The summed E-state index contributed by atoms with van der Waals surface area (Å²) in [7, 11) is 0. The maximum atomic E-state index is 8.85. The van der Waals surface area contributed by atoms with E-state index < -0.39 is 0 Å². The molecule has 1 nitrogen and oxygen atoms in total. The lowest BCUT2D eigenvalue weighted by atomic mass is 9.77. The van der Waals surface area contributed by atoms with Gasteiger partial charge in [0.2, 0.25) is 0 Å². The Balaban J connectivity index is 1.51. The van der Waals surface area contributed by atoms with E-state index in [4.69, 9.17) is 5.26 Å². The van der Waals surface area contributed by atoms with E-state index in [1.165, 1.54) is 54.5 Å². The van der Waals surface area contributed by atoms with E-state index in [1.54, 1.807) is 0 Å². The molecule has 0 saturated heterocycles. The van der Waals surface area contributed by atoms with Crippen molar-refractivity contribution >= 4 is 11.8 Å². The second-order valence-electron chi connectivity index (χ2n) is 7.17. The van der Waals surface area contributed by atoms with Gasteiger partial charge in [-0.3, -0.25) is 0 Å². The summed E-state index contributed by atoms with van der Waals surface area (Å²) < 4.78 is 0. The largest absolute Gasteiger partial charge is 0.192 e. The number of hydrogen-bond donors (Lipinski definition) is 0. The van der Waals surface area contributed by atoms with Crippen molar-refractivity contribution in [3.63, 3.8) is 0 Å². The predicted molar refractivity (Wildman–Crippen MR) is 107 cm³/mol. The Morgan fingerprint density at radius 3 is 2.24 bits per heavy atom. The van der Waals surface area contributed by atoms with Crippen LogP contribution < -0.4 is 0 Å². The molecule has 2 heteroatoms. The summed E-state index contributed by atoms with van der Waals surface area (Å²) in [6, 6.07) is 19.3. The van der Waals surface area contributed by atoms with Gasteiger partial charge < -0.3 is 0 Å². The lowest BCUT2D eigenvalue weighted by molar-refractivity contribution is 0.308. The quantitative estimate of drug-likeness (QED) is 0.528. The molecule has 0 atom stereocenters. The van der Waals surface area contributed by atoms with Crippen molar-refractivity contribution in [3.8, 4) is 6.07 Å². The third kappa shape index (κ3) is 5.13. The molecule has 1 aliphatic carbocycles. The van der Waals surface area contributed by atoms with Gasteiger partial charge in [0, 0.05) is 10.6 Å². The zero-order valence-corrected chi connectivity index (χ0v) is 15.9. The molecule has 130 valence electrons. The van der Waals surface area contributed by atoms with Gasteiger partial charge in [0.05, 0.1) is 11.6 Å². The molecule has 0 amide bonds. The van der Waals surface area contributed by atoms with Gasteiger partial charge in [-0.05, 0) is 72.9 Å². The molecule has 0 radical (unpaired) electrons. The molecule has 1 fully saturated rings. The summed E-state index contributed by atoms with van der Waals surface area (Å²) in [6.45, 7) is 2.31. The van der Waals surface area contributed by atoms with Crippen LogP contribution >= 0.6 is 11.8 Å². The smallest absolute Gasteiger partial charge is 0.0991 e. The predicted octanol–water partition coefficient (Wildman–Crippen LogP) is 6.92. The second kappa shape index (κ2) is 9.11. The van der Waals surface area contributed by atoms with Crippen LogP contribution in [0.5, 0.6) is 0 Å². The molecule has 0 unspecified atom stereocenters. The monoisotopic (exact) mass is 349 g/mol. The van der Waals surface area contributed by atoms with Crippen molar-refractivity contribution in [2.45, 2.75) is 62.0 Å². The Hall–Kier alpha value is -1.72. The first-order valence-corrected chi connectivity index (χ1v) is 10.5. The lowest BCUT2D eigenvalue weighted by Crippen LogP contribution is -2.13. The molecule has 0 bridgehead atoms. The maximum absolute atomic E-state index is 8.85. The summed E-state index contributed by atoms with van der Waals surface area (Å²) in [5, 5.41) is 8.85. The fourth-order valence-electron chi connectivity index (χ4n) is 3.87. The van der Waals surface area contributed by atoms with E-state index in [-0.39, 0.29) is 0 Å². The van der Waals surface area contributed by atoms with Gasteiger partial charge in [0.25, 0.3) is 0 Å². The van der Waals surface area contributed by atoms with Crippen LogP contribution in [0.2, 0.25) is 0 Å². The van der Waals surface area contributed by atoms with Crippen molar-refractivity contribution in [1.29, 1.82) is 5.26 Å². The third-order valence-electron chi connectivity index (χ3n) is 5.38. The highest BCUT2D eigenvalue weighted by Gasteiger charge is 2.21. The first kappa shape index (κ1) is 18.1. The highest BCUT2D eigenvalue weighted by molar-refractivity contribution is 7.98. The Morgan fingerprint density at radius 2 is 1.64 bits per heavy atom. The molecular formula is C23H27NS. The molecule has 1 saturated carbocycles. The topological polar surface area (TPSA) is 23.8 Å². The minimum absolute atomic E-state index is 0.724. The van der Waals surface area contributed by atoms with Crippen molar-refractivity contribution < 1.29 is 0 Å². The van der Waals surface area contributed by atoms with Crippen LogP contribution in [-0.4, -0.2) is 0 Å². The van der Waals surface area contributed by atoms with Crippen molar-refractivity contribution in [2.24, 2.45) is 5.92 Å². The molecule has 1 aliphatic rings. The fraction of sp³-hybridized carbons (Fsp3) is 0.435. The average Bonchev–Trinajstić information content (AvgIpc) is 2.68. The minimum atomic E-state index is 0.724. The van der Waals surface area contributed by atoms with Crippen LogP contribution in [0.1, 0.15) is 68.1 Å². The number of rotatable bonds is 6. The van der Waals surface area contributed by atoms with Gasteiger partial charge in [0.15, 0.2) is 0 Å². The number of hydrogen-bond acceptors (Lipinski definition) is 2. The van der Waals surface area contributed by atoms with E-state index in [1.807, 2.05) is 36.0 Å². The summed E-state index contributed by atoms with van der Waals surface area (Å²) in [6.07, 6.45) is 8.30. The van der Waals surface area contributed by atoms with E-state index in [0.717, 1.165) is 23.2 Å². The second-order valence-corrected chi connectivity index (χ2v) is 8.22. The molecule has 0 spiro atoms. The normalized spacial score (nSPS) is 20.2. The van der Waals surface area contributed by atoms with Gasteiger partial charge in [0.1, 0.15) is 0 Å². The van der Waals surface area contributed by atoms with Crippen molar-refractivity contribution in [1.82, 2.24) is 0 Å². The van der Waals surface area contributed by atoms with Gasteiger partial charge in [-0.15, -0.1) is 11.8 Å². The zero-order valence-electron chi connectivity index (χ0n) is 15.1. The van der Waals surface area contributed by atoms with Gasteiger partial charge in [-0.25, -0.2) is 0 Å². The average molecular weight is 350 g/mol. The van der Waals surface area contributed by atoms with E-state index >= 15 is 0 Å². The SMILES string of the molecule is CCCC1CCC(c2ccc(CSc3ccc(C#N)cc3)cc2)CC1. The fourth-order valence-corrected chi connectivity index (χ4v) is 4.73. The number of benzene rings is 2. The van der Waals surface area contributed by atoms with Crippen LogP contribution in [0.15, 0.2) is 53.4 Å². The molecule has 0 aromatic heterocycles. The number of nitriles is 1. The minimum Gasteiger partial charge on any atom is -0.192 e. The highest BCUT2D eigenvalue weighted by Crippen LogP contribution is 2.37. The number of thioether (sulfide) groups is 1. The summed E-state index contributed by atoms with van der Waals surface area (Å²) in [5.41, 5.74) is 3.63. The number of nitrogens with zero attached hydrogens (tertiary/aromatic N) is 1. The van der Waals surface area contributed by atoms with Crippen LogP contribution in [0, 0.1) is 17.2 Å². The Labute approximate surface area is 156 Å². The Kier molecular flexibility index (Phi) is 6.59. The molecule has 0 N–H and O–H groups in total. The standard InChI is InChI=1S/C23H27NS/c1-2-3-18-4-10-21(11-5-18)22-12-6-20(7-13-22)17-25-23-14-8-19(16-24)9-15-23/h6-9,12-15,18,21H,2-5,10-11,17H2,1H3. The highest BCUT2D eigenvalue weighted by atomic mass is 32.2. The molecule has 2 aromatic rings. The molecule has 2 aromatic carbocycles. The van der Waals surface area contributed by atoms with Crippen LogP contribution in [-0.2, 0) is 5.75 Å². The molecular weight excluding hydrogens is 322 g/mol. The molecule has 25 heavy (non-hydrogen) atoms.